The SMILES string of the molecule is CSc1cc(C)cc2scc(N)c12. The number of thiophene rings is 1. The van der Waals surface area contributed by atoms with Gasteiger partial charge in [-0.2, -0.15) is 0 Å². The number of aryl methyl sites for hydroxylation is 1. The number of nitrogens with two attached hydrogens (primary N) is 1. The summed E-state index contributed by atoms with van der Waals surface area (Å²) in [5.74, 6) is 0. The minimum Gasteiger partial charge on any atom is -0.398 e. The summed E-state index contributed by atoms with van der Waals surface area (Å²) in [5.41, 5.74) is 8.11. The maximum atomic E-state index is 5.90. The zero-order valence-electron chi connectivity index (χ0n) is 7.63. The normalized spacial score (nSPS) is 10.9. The van der Waals surface area contributed by atoms with Gasteiger partial charge in [-0.3, -0.25) is 0 Å². The third-order valence-electron chi connectivity index (χ3n) is 2.03. The zero-order valence-corrected chi connectivity index (χ0v) is 9.26. The van der Waals surface area contributed by atoms with E-state index in [2.05, 4.69) is 25.3 Å². The number of benzene rings is 1. The molecule has 0 aliphatic rings. The maximum absolute atomic E-state index is 5.90. The Kier molecular flexibility index (Phi) is 2.22. The third kappa shape index (κ3) is 1.42. The van der Waals surface area contributed by atoms with Crippen LogP contribution in [-0.2, 0) is 0 Å². The van der Waals surface area contributed by atoms with Gasteiger partial charge in [-0.05, 0) is 30.9 Å². The van der Waals surface area contributed by atoms with E-state index in [-0.39, 0.29) is 0 Å². The molecule has 0 atom stereocenters. The van der Waals surface area contributed by atoms with Gasteiger partial charge in [-0.15, -0.1) is 23.1 Å². The Hall–Kier alpha value is -0.670. The molecule has 0 saturated carbocycles. The van der Waals surface area contributed by atoms with E-state index >= 15 is 0 Å². The monoisotopic (exact) mass is 209 g/mol. The average Bonchev–Trinajstić information content (AvgIpc) is 2.46. The van der Waals surface area contributed by atoms with Crippen LogP contribution in [0, 0.1) is 6.92 Å². The lowest BCUT2D eigenvalue weighted by molar-refractivity contribution is 1.43. The van der Waals surface area contributed by atoms with Crippen LogP contribution in [0.1, 0.15) is 5.56 Å². The molecule has 1 aromatic heterocycles. The molecule has 2 aromatic rings. The Morgan fingerprint density at radius 3 is 2.85 bits per heavy atom. The summed E-state index contributed by atoms with van der Waals surface area (Å²) in [6, 6.07) is 4.38. The van der Waals surface area contributed by atoms with Crippen LogP contribution in [0.5, 0.6) is 0 Å². The molecule has 0 bridgehead atoms. The summed E-state index contributed by atoms with van der Waals surface area (Å²) in [7, 11) is 0. The quantitative estimate of drug-likeness (QED) is 0.727. The van der Waals surface area contributed by atoms with Gasteiger partial charge in [-0.25, -0.2) is 0 Å². The van der Waals surface area contributed by atoms with Crippen molar-refractivity contribution in [3.63, 3.8) is 0 Å². The number of hydrogen-bond donors (Lipinski definition) is 1. The van der Waals surface area contributed by atoms with Gasteiger partial charge in [0, 0.05) is 20.4 Å². The highest BCUT2D eigenvalue weighted by Gasteiger charge is 2.06. The van der Waals surface area contributed by atoms with Gasteiger partial charge >= 0.3 is 0 Å². The van der Waals surface area contributed by atoms with Crippen molar-refractivity contribution < 1.29 is 0 Å². The van der Waals surface area contributed by atoms with E-state index in [4.69, 9.17) is 5.73 Å². The van der Waals surface area contributed by atoms with Gasteiger partial charge in [0.15, 0.2) is 0 Å². The fourth-order valence-electron chi connectivity index (χ4n) is 1.45. The van der Waals surface area contributed by atoms with E-state index < -0.39 is 0 Å². The molecule has 0 amide bonds. The second-order valence-electron chi connectivity index (χ2n) is 3.03. The largest absolute Gasteiger partial charge is 0.398 e. The fraction of sp³-hybridized carbons (Fsp3) is 0.200. The molecule has 13 heavy (non-hydrogen) atoms. The van der Waals surface area contributed by atoms with Crippen molar-refractivity contribution in [2.24, 2.45) is 0 Å². The van der Waals surface area contributed by atoms with Gasteiger partial charge in [-0.1, -0.05) is 0 Å². The lowest BCUT2D eigenvalue weighted by Crippen LogP contribution is -1.83. The van der Waals surface area contributed by atoms with E-state index in [1.807, 2.05) is 5.38 Å². The predicted molar refractivity (Wildman–Crippen MR) is 62.8 cm³/mol. The zero-order chi connectivity index (χ0) is 9.42. The number of rotatable bonds is 1. The Labute approximate surface area is 85.9 Å². The minimum atomic E-state index is 0.907. The minimum absolute atomic E-state index is 0.907. The summed E-state index contributed by atoms with van der Waals surface area (Å²) >= 11 is 3.48. The molecular weight excluding hydrogens is 198 g/mol. The van der Waals surface area contributed by atoms with Crippen molar-refractivity contribution in [2.75, 3.05) is 12.0 Å². The van der Waals surface area contributed by atoms with Gasteiger partial charge in [0.2, 0.25) is 0 Å². The number of anilines is 1. The maximum Gasteiger partial charge on any atom is 0.0514 e. The first-order valence-corrected chi connectivity index (χ1v) is 6.14. The van der Waals surface area contributed by atoms with Crippen molar-refractivity contribution in [1.82, 2.24) is 0 Å². The van der Waals surface area contributed by atoms with E-state index in [0.717, 1.165) is 5.69 Å². The molecule has 1 nitrogen and oxygen atoms in total. The van der Waals surface area contributed by atoms with Crippen molar-refractivity contribution in [3.05, 3.63) is 23.1 Å². The van der Waals surface area contributed by atoms with Gasteiger partial charge in [0.05, 0.1) is 5.69 Å². The molecule has 2 rings (SSSR count). The lowest BCUT2D eigenvalue weighted by atomic mass is 10.2. The first kappa shape index (κ1) is 8.91. The van der Waals surface area contributed by atoms with Crippen molar-refractivity contribution in [1.29, 1.82) is 0 Å². The fourth-order valence-corrected chi connectivity index (χ4v) is 3.22. The van der Waals surface area contributed by atoms with E-state index in [1.165, 1.54) is 20.5 Å². The molecule has 1 aromatic carbocycles. The highest BCUT2D eigenvalue weighted by Crippen LogP contribution is 2.36. The standard InChI is InChI=1S/C10H11NS2/c1-6-3-8(12-2)10-7(11)5-13-9(10)4-6/h3-5H,11H2,1-2H3. The van der Waals surface area contributed by atoms with Crippen LogP contribution in [0.25, 0.3) is 10.1 Å². The number of fused-ring (bicyclic) bond motifs is 1. The van der Waals surface area contributed by atoms with Gasteiger partial charge < -0.3 is 5.73 Å². The molecule has 3 heteroatoms. The predicted octanol–water partition coefficient (Wildman–Crippen LogP) is 3.51. The molecule has 0 aliphatic carbocycles. The van der Waals surface area contributed by atoms with Gasteiger partial charge in [0.1, 0.15) is 0 Å². The van der Waals surface area contributed by atoms with Crippen LogP contribution < -0.4 is 5.73 Å². The Bertz CT molecular complexity index is 445. The molecular formula is C10H11NS2. The Balaban J connectivity index is 2.85. The third-order valence-corrected chi connectivity index (χ3v) is 3.74. The molecule has 0 aliphatic heterocycles. The van der Waals surface area contributed by atoms with Crippen molar-refractivity contribution >= 4 is 38.9 Å². The van der Waals surface area contributed by atoms with Crippen LogP contribution in [0.15, 0.2) is 22.4 Å². The Morgan fingerprint density at radius 1 is 1.38 bits per heavy atom. The summed E-state index contributed by atoms with van der Waals surface area (Å²) in [4.78, 5) is 1.29. The smallest absolute Gasteiger partial charge is 0.0514 e. The molecule has 1 heterocycles. The van der Waals surface area contributed by atoms with Crippen LogP contribution in [0.2, 0.25) is 0 Å². The molecule has 0 fully saturated rings. The molecule has 2 N–H and O–H groups in total. The summed E-state index contributed by atoms with van der Waals surface area (Å²) < 4.78 is 1.29. The molecule has 0 spiro atoms. The van der Waals surface area contributed by atoms with Crippen LogP contribution in [-0.4, -0.2) is 6.26 Å². The van der Waals surface area contributed by atoms with Crippen LogP contribution >= 0.6 is 23.1 Å². The molecule has 0 saturated heterocycles. The van der Waals surface area contributed by atoms with E-state index in [9.17, 15) is 0 Å². The first-order chi connectivity index (χ1) is 6.22. The molecule has 68 valence electrons. The average molecular weight is 209 g/mol. The molecule has 0 radical (unpaired) electrons. The second kappa shape index (κ2) is 3.24. The summed E-state index contributed by atoms with van der Waals surface area (Å²) in [6.07, 6.45) is 2.09. The van der Waals surface area contributed by atoms with Crippen molar-refractivity contribution in [3.8, 4) is 0 Å². The summed E-state index contributed by atoms with van der Waals surface area (Å²) in [5, 5.41) is 3.24. The highest BCUT2D eigenvalue weighted by molar-refractivity contribution is 7.98. The van der Waals surface area contributed by atoms with E-state index in [1.54, 1.807) is 23.1 Å². The number of thioether (sulfide) groups is 1. The first-order valence-electron chi connectivity index (χ1n) is 4.03. The van der Waals surface area contributed by atoms with E-state index in [0.29, 0.717) is 0 Å². The lowest BCUT2D eigenvalue weighted by Gasteiger charge is -2.02. The second-order valence-corrected chi connectivity index (χ2v) is 4.79. The van der Waals surface area contributed by atoms with Gasteiger partial charge in [0.25, 0.3) is 0 Å². The number of hydrogen-bond acceptors (Lipinski definition) is 3. The highest BCUT2D eigenvalue weighted by atomic mass is 32.2. The van der Waals surface area contributed by atoms with Crippen LogP contribution in [0.4, 0.5) is 5.69 Å². The Morgan fingerprint density at radius 2 is 2.15 bits per heavy atom. The van der Waals surface area contributed by atoms with Crippen LogP contribution in [0.3, 0.4) is 0 Å². The van der Waals surface area contributed by atoms with Crippen molar-refractivity contribution in [2.45, 2.75) is 11.8 Å². The number of nitrogen functional groups attached to an aromatic ring is 1. The summed E-state index contributed by atoms with van der Waals surface area (Å²) in [6.45, 7) is 2.12. The molecule has 0 unspecified atom stereocenters. The topological polar surface area (TPSA) is 26.0 Å².